The zero-order valence-electron chi connectivity index (χ0n) is 18.2. The summed E-state index contributed by atoms with van der Waals surface area (Å²) in [5.74, 6) is 1.08. The molecule has 6 nitrogen and oxygen atoms in total. The van der Waals surface area contributed by atoms with Crippen LogP contribution in [-0.2, 0) is 19.6 Å². The van der Waals surface area contributed by atoms with Crippen LogP contribution in [0, 0.1) is 12.7 Å². The summed E-state index contributed by atoms with van der Waals surface area (Å²) in [6, 6.07) is 7.39. The maximum Gasteiger partial charge on any atom is 0.129 e. The van der Waals surface area contributed by atoms with E-state index in [-0.39, 0.29) is 24.3 Å². The number of anilines is 1. The van der Waals surface area contributed by atoms with Crippen molar-refractivity contribution in [3.8, 4) is 11.1 Å². The molecule has 2 aliphatic heterocycles. The number of halogens is 1. The largest absolute Gasteiger partial charge is 0.394 e. The Balaban J connectivity index is 1.73. The van der Waals surface area contributed by atoms with Gasteiger partial charge in [-0.15, -0.1) is 0 Å². The topological polar surface area (TPSA) is 66.2 Å². The van der Waals surface area contributed by atoms with E-state index < -0.39 is 0 Å². The maximum absolute atomic E-state index is 14.2. The number of aryl methyl sites for hydroxylation is 1. The van der Waals surface area contributed by atoms with Crippen molar-refractivity contribution in [3.05, 3.63) is 64.4 Å². The number of pyridine rings is 1. The van der Waals surface area contributed by atoms with E-state index in [4.69, 9.17) is 10.1 Å². The Labute approximate surface area is 181 Å². The molecule has 2 aromatic heterocycles. The van der Waals surface area contributed by atoms with E-state index in [0.717, 1.165) is 46.0 Å². The molecule has 0 amide bonds. The normalized spacial score (nSPS) is 20.4. The summed E-state index contributed by atoms with van der Waals surface area (Å²) in [5.41, 5.74) is 7.51. The smallest absolute Gasteiger partial charge is 0.129 e. The van der Waals surface area contributed by atoms with Crippen molar-refractivity contribution < 1.29 is 9.50 Å². The number of aromatic nitrogens is 3. The Morgan fingerprint density at radius 1 is 1.23 bits per heavy atom. The molecule has 3 aromatic rings. The minimum atomic E-state index is -0.197. The SMILES string of the molecule is Cc1nn(CCO)c2c1-c1cnc3c(c1)C(CN3)[C@H](C)c1cc(F)ccc1CN(C)C2. The van der Waals surface area contributed by atoms with Crippen LogP contribution in [0.25, 0.3) is 11.1 Å². The average Bonchev–Trinajstić information content (AvgIpc) is 3.29. The van der Waals surface area contributed by atoms with Gasteiger partial charge in [-0.1, -0.05) is 13.0 Å². The minimum absolute atomic E-state index is 0.0331. The Kier molecular flexibility index (Phi) is 5.02. The zero-order valence-corrected chi connectivity index (χ0v) is 18.2. The first kappa shape index (κ1) is 20.2. The molecule has 0 aliphatic carbocycles. The average molecular weight is 422 g/mol. The van der Waals surface area contributed by atoms with Crippen molar-refractivity contribution in [3.63, 3.8) is 0 Å². The van der Waals surface area contributed by atoms with Crippen molar-refractivity contribution >= 4 is 5.82 Å². The summed E-state index contributed by atoms with van der Waals surface area (Å²) in [4.78, 5) is 6.96. The van der Waals surface area contributed by atoms with Crippen LogP contribution in [0.2, 0.25) is 0 Å². The molecule has 0 saturated heterocycles. The van der Waals surface area contributed by atoms with Crippen LogP contribution < -0.4 is 5.32 Å². The van der Waals surface area contributed by atoms with Crippen LogP contribution in [0.4, 0.5) is 10.2 Å². The van der Waals surface area contributed by atoms with Crippen LogP contribution in [0.3, 0.4) is 0 Å². The quantitative estimate of drug-likeness (QED) is 0.661. The second-order valence-electron chi connectivity index (χ2n) is 8.81. The molecule has 2 bridgehead atoms. The van der Waals surface area contributed by atoms with E-state index in [1.54, 1.807) is 12.1 Å². The Morgan fingerprint density at radius 2 is 2.06 bits per heavy atom. The van der Waals surface area contributed by atoms with Crippen molar-refractivity contribution in [2.45, 2.75) is 45.3 Å². The highest BCUT2D eigenvalue weighted by atomic mass is 19.1. The third-order valence-corrected chi connectivity index (χ3v) is 6.70. The summed E-state index contributed by atoms with van der Waals surface area (Å²) < 4.78 is 16.2. The van der Waals surface area contributed by atoms with Crippen LogP contribution in [0.5, 0.6) is 0 Å². The van der Waals surface area contributed by atoms with Gasteiger partial charge in [-0.2, -0.15) is 5.10 Å². The second kappa shape index (κ2) is 7.73. The Bertz CT molecular complexity index is 1140. The van der Waals surface area contributed by atoms with Crippen LogP contribution >= 0.6 is 0 Å². The second-order valence-corrected chi connectivity index (χ2v) is 8.81. The molecule has 162 valence electrons. The number of nitrogens with zero attached hydrogens (tertiary/aromatic N) is 4. The van der Waals surface area contributed by atoms with Crippen molar-refractivity contribution in [2.24, 2.45) is 0 Å². The summed E-state index contributed by atoms with van der Waals surface area (Å²) in [5, 5.41) is 17.7. The molecule has 4 heterocycles. The zero-order chi connectivity index (χ0) is 21.7. The van der Waals surface area contributed by atoms with Gasteiger partial charge in [-0.25, -0.2) is 9.37 Å². The first-order valence-corrected chi connectivity index (χ1v) is 10.8. The fourth-order valence-electron chi connectivity index (χ4n) is 5.21. The predicted molar refractivity (Wildman–Crippen MR) is 118 cm³/mol. The fourth-order valence-corrected chi connectivity index (χ4v) is 5.21. The Hall–Kier alpha value is -2.77. The highest BCUT2D eigenvalue weighted by Crippen LogP contribution is 2.43. The molecule has 7 heteroatoms. The van der Waals surface area contributed by atoms with Crippen LogP contribution in [0.15, 0.2) is 30.5 Å². The van der Waals surface area contributed by atoms with Gasteiger partial charge >= 0.3 is 0 Å². The van der Waals surface area contributed by atoms with Gasteiger partial charge in [-0.05, 0) is 49.2 Å². The lowest BCUT2D eigenvalue weighted by molar-refractivity contribution is 0.257. The summed E-state index contributed by atoms with van der Waals surface area (Å²) in [7, 11) is 2.07. The number of aliphatic hydroxyl groups is 1. The van der Waals surface area contributed by atoms with Gasteiger partial charge in [0.25, 0.3) is 0 Å². The molecular formula is C24H28FN5O. The molecule has 0 saturated carbocycles. The number of hydrogen-bond donors (Lipinski definition) is 2. The minimum Gasteiger partial charge on any atom is -0.394 e. The lowest BCUT2D eigenvalue weighted by atomic mass is 9.81. The van der Waals surface area contributed by atoms with Crippen molar-refractivity contribution in [1.82, 2.24) is 19.7 Å². The molecule has 2 atom stereocenters. The first-order chi connectivity index (χ1) is 15.0. The molecule has 0 spiro atoms. The number of rotatable bonds is 2. The number of fused-ring (bicyclic) bond motifs is 4. The van der Waals surface area contributed by atoms with Gasteiger partial charge in [0.1, 0.15) is 11.6 Å². The molecule has 0 radical (unpaired) electrons. The number of aliphatic hydroxyl groups excluding tert-OH is 1. The lowest BCUT2D eigenvalue weighted by Gasteiger charge is -2.26. The van der Waals surface area contributed by atoms with Gasteiger partial charge < -0.3 is 10.4 Å². The highest BCUT2D eigenvalue weighted by Gasteiger charge is 2.32. The summed E-state index contributed by atoms with van der Waals surface area (Å²) in [6.07, 6.45) is 1.91. The van der Waals surface area contributed by atoms with E-state index in [2.05, 4.69) is 30.3 Å². The molecule has 2 N–H and O–H groups in total. The molecular weight excluding hydrogens is 393 g/mol. The van der Waals surface area contributed by atoms with E-state index in [0.29, 0.717) is 19.6 Å². The van der Waals surface area contributed by atoms with Crippen LogP contribution in [-0.4, -0.2) is 45.0 Å². The van der Waals surface area contributed by atoms with Gasteiger partial charge in [0.15, 0.2) is 0 Å². The number of hydrogen-bond acceptors (Lipinski definition) is 5. The molecule has 31 heavy (non-hydrogen) atoms. The molecule has 1 aromatic carbocycles. The highest BCUT2D eigenvalue weighted by molar-refractivity contribution is 5.72. The number of benzene rings is 1. The third-order valence-electron chi connectivity index (χ3n) is 6.70. The lowest BCUT2D eigenvalue weighted by Crippen LogP contribution is -2.23. The summed E-state index contributed by atoms with van der Waals surface area (Å²) >= 11 is 0. The standard InChI is InChI=1S/C24H28FN5O/c1-14-19-9-18(25)5-4-16(19)12-29(3)13-22-23(15(2)28-30(22)6-7-31)17-8-20-21(14)11-27-24(20)26-10-17/h4-5,8-10,14,21,31H,6-7,11-13H2,1-3H3,(H,26,27)/t14-,21?/m1/s1. The molecule has 2 aliphatic rings. The van der Waals surface area contributed by atoms with Gasteiger partial charge in [0.2, 0.25) is 0 Å². The Morgan fingerprint density at radius 3 is 2.87 bits per heavy atom. The monoisotopic (exact) mass is 421 g/mol. The third kappa shape index (κ3) is 3.42. The maximum atomic E-state index is 14.2. The van der Waals surface area contributed by atoms with Gasteiger partial charge in [-0.3, -0.25) is 9.58 Å². The van der Waals surface area contributed by atoms with Crippen molar-refractivity contribution in [2.75, 3.05) is 25.5 Å². The number of nitrogens with one attached hydrogen (secondary N) is 1. The molecule has 1 unspecified atom stereocenters. The van der Waals surface area contributed by atoms with E-state index >= 15 is 0 Å². The molecule has 5 rings (SSSR count). The predicted octanol–water partition coefficient (Wildman–Crippen LogP) is 3.64. The first-order valence-electron chi connectivity index (χ1n) is 10.8. The fraction of sp³-hybridized carbons (Fsp3) is 0.417. The molecule has 0 fully saturated rings. The van der Waals surface area contributed by atoms with Gasteiger partial charge in [0.05, 0.1) is 24.5 Å². The summed E-state index contributed by atoms with van der Waals surface area (Å²) in [6.45, 7) is 6.85. The van der Waals surface area contributed by atoms with E-state index in [1.165, 1.54) is 5.56 Å². The van der Waals surface area contributed by atoms with E-state index in [1.807, 2.05) is 23.9 Å². The van der Waals surface area contributed by atoms with Crippen molar-refractivity contribution in [1.29, 1.82) is 0 Å². The van der Waals surface area contributed by atoms with E-state index in [9.17, 15) is 9.50 Å². The van der Waals surface area contributed by atoms with Crippen LogP contribution in [0.1, 0.15) is 46.8 Å². The van der Waals surface area contributed by atoms with Gasteiger partial charge in [0, 0.05) is 48.4 Å².